The molecule has 0 aromatic carbocycles. The first-order chi connectivity index (χ1) is 7.21. The highest BCUT2D eigenvalue weighted by molar-refractivity contribution is 5.26. The lowest BCUT2D eigenvalue weighted by Crippen LogP contribution is -2.39. The molecule has 15 heavy (non-hydrogen) atoms. The van der Waals surface area contributed by atoms with E-state index in [0.717, 1.165) is 12.1 Å². The maximum atomic E-state index is 5.71. The van der Waals surface area contributed by atoms with Crippen molar-refractivity contribution in [1.29, 1.82) is 0 Å². The molecule has 0 aliphatic carbocycles. The van der Waals surface area contributed by atoms with Crippen molar-refractivity contribution in [2.75, 3.05) is 13.2 Å². The molecule has 0 spiro atoms. The van der Waals surface area contributed by atoms with E-state index in [1.165, 1.54) is 0 Å². The summed E-state index contributed by atoms with van der Waals surface area (Å²) in [4.78, 5) is 0. The summed E-state index contributed by atoms with van der Waals surface area (Å²) in [6.45, 7) is 15.3. The van der Waals surface area contributed by atoms with Crippen LogP contribution in [0.4, 0.5) is 0 Å². The Morgan fingerprint density at radius 3 is 2.47 bits per heavy atom. The molecular formula is C13H23NO. The normalized spacial score (nSPS) is 15.8. The Bertz CT molecular complexity index is 221. The molecule has 0 bridgehead atoms. The largest absolute Gasteiger partial charge is 0.372 e. The summed E-state index contributed by atoms with van der Waals surface area (Å²) in [7, 11) is 0. The third-order valence-electron chi connectivity index (χ3n) is 2.20. The van der Waals surface area contributed by atoms with Crippen molar-refractivity contribution >= 4 is 0 Å². The number of likely N-dealkylation sites (N-methyl/N-ethyl adjacent to an activating group) is 1. The molecule has 0 radical (unpaired) electrons. The highest BCUT2D eigenvalue weighted by Crippen LogP contribution is 2.13. The Morgan fingerprint density at radius 1 is 1.40 bits per heavy atom. The van der Waals surface area contributed by atoms with E-state index in [4.69, 9.17) is 4.74 Å². The Balaban J connectivity index is 4.67. The fourth-order valence-electron chi connectivity index (χ4n) is 1.55. The van der Waals surface area contributed by atoms with Gasteiger partial charge in [0.1, 0.15) is 0 Å². The van der Waals surface area contributed by atoms with Gasteiger partial charge in [-0.25, -0.2) is 0 Å². The summed E-state index contributed by atoms with van der Waals surface area (Å²) >= 11 is 0. The predicted molar refractivity (Wildman–Crippen MR) is 67.0 cm³/mol. The van der Waals surface area contributed by atoms with Gasteiger partial charge in [0.2, 0.25) is 0 Å². The van der Waals surface area contributed by atoms with Crippen LogP contribution in [0.5, 0.6) is 0 Å². The summed E-state index contributed by atoms with van der Waals surface area (Å²) in [5, 5.41) is 3.36. The molecule has 0 aromatic heterocycles. The van der Waals surface area contributed by atoms with Crippen molar-refractivity contribution in [3.8, 4) is 0 Å². The molecule has 2 atom stereocenters. The van der Waals surface area contributed by atoms with E-state index in [9.17, 15) is 0 Å². The fourth-order valence-corrected chi connectivity index (χ4v) is 1.55. The predicted octanol–water partition coefficient (Wildman–Crippen LogP) is 2.69. The molecule has 0 saturated heterocycles. The van der Waals surface area contributed by atoms with Gasteiger partial charge in [-0.3, -0.25) is 0 Å². The standard InChI is InChI=1S/C13H23NO/c1-6-10-12(7-2)13(15-9-4)11(5)14-8-3/h6-7,10-11,13-14H,1-2,8-9H2,3-5H3/b12-10+. The molecule has 0 aromatic rings. The van der Waals surface area contributed by atoms with E-state index in [2.05, 4.69) is 32.3 Å². The second-order valence-electron chi connectivity index (χ2n) is 3.33. The van der Waals surface area contributed by atoms with Crippen LogP contribution in [0.2, 0.25) is 0 Å². The molecule has 0 saturated carbocycles. The van der Waals surface area contributed by atoms with Crippen molar-refractivity contribution in [3.63, 3.8) is 0 Å². The number of hydrogen-bond acceptors (Lipinski definition) is 2. The molecule has 2 unspecified atom stereocenters. The Labute approximate surface area is 93.7 Å². The van der Waals surface area contributed by atoms with Gasteiger partial charge in [0, 0.05) is 12.6 Å². The van der Waals surface area contributed by atoms with Gasteiger partial charge in [0.15, 0.2) is 0 Å². The SMILES string of the molecule is C=C/C=C(\C=C)C(OCC)C(C)NCC. The number of nitrogens with one attached hydrogen (secondary N) is 1. The van der Waals surface area contributed by atoms with Crippen LogP contribution < -0.4 is 5.32 Å². The van der Waals surface area contributed by atoms with Gasteiger partial charge >= 0.3 is 0 Å². The lowest BCUT2D eigenvalue weighted by atomic mass is 10.0. The number of allylic oxidation sites excluding steroid dienone is 2. The summed E-state index contributed by atoms with van der Waals surface area (Å²) in [6.07, 6.45) is 5.59. The third kappa shape index (κ3) is 4.96. The minimum absolute atomic E-state index is 0.0467. The highest BCUT2D eigenvalue weighted by Gasteiger charge is 2.18. The van der Waals surface area contributed by atoms with Crippen molar-refractivity contribution in [2.45, 2.75) is 32.9 Å². The average molecular weight is 209 g/mol. The van der Waals surface area contributed by atoms with Crippen molar-refractivity contribution in [3.05, 3.63) is 37.0 Å². The summed E-state index contributed by atoms with van der Waals surface area (Å²) in [5.41, 5.74) is 1.07. The molecule has 86 valence electrons. The van der Waals surface area contributed by atoms with Crippen LogP contribution in [0.25, 0.3) is 0 Å². The first kappa shape index (κ1) is 14.1. The van der Waals surface area contributed by atoms with Gasteiger partial charge in [-0.1, -0.05) is 38.3 Å². The minimum atomic E-state index is 0.0467. The van der Waals surface area contributed by atoms with Crippen molar-refractivity contribution in [1.82, 2.24) is 5.32 Å². The molecule has 2 nitrogen and oxygen atoms in total. The van der Waals surface area contributed by atoms with E-state index in [-0.39, 0.29) is 12.1 Å². The summed E-state index contributed by atoms with van der Waals surface area (Å²) in [5.74, 6) is 0. The molecule has 0 fully saturated rings. The maximum absolute atomic E-state index is 5.71. The minimum Gasteiger partial charge on any atom is -0.372 e. The topological polar surface area (TPSA) is 21.3 Å². The van der Waals surface area contributed by atoms with Gasteiger partial charge in [-0.2, -0.15) is 0 Å². The number of ether oxygens (including phenoxy) is 1. The van der Waals surface area contributed by atoms with Crippen LogP contribution >= 0.6 is 0 Å². The van der Waals surface area contributed by atoms with E-state index < -0.39 is 0 Å². The van der Waals surface area contributed by atoms with E-state index in [0.29, 0.717) is 6.61 Å². The average Bonchev–Trinajstić information content (AvgIpc) is 2.23. The maximum Gasteiger partial charge on any atom is 0.0974 e. The number of rotatable bonds is 8. The van der Waals surface area contributed by atoms with Crippen LogP contribution in [0.3, 0.4) is 0 Å². The van der Waals surface area contributed by atoms with Gasteiger partial charge in [0.25, 0.3) is 0 Å². The second kappa shape index (κ2) is 8.45. The zero-order valence-corrected chi connectivity index (χ0v) is 10.1. The lowest BCUT2D eigenvalue weighted by molar-refractivity contribution is 0.0670. The first-order valence-corrected chi connectivity index (χ1v) is 5.51. The molecule has 0 aliphatic rings. The van der Waals surface area contributed by atoms with Gasteiger partial charge in [0.05, 0.1) is 6.10 Å². The van der Waals surface area contributed by atoms with E-state index >= 15 is 0 Å². The highest BCUT2D eigenvalue weighted by atomic mass is 16.5. The smallest absolute Gasteiger partial charge is 0.0974 e. The Kier molecular flexibility index (Phi) is 7.96. The summed E-state index contributed by atoms with van der Waals surface area (Å²) in [6, 6.07) is 0.277. The zero-order valence-electron chi connectivity index (χ0n) is 10.1. The quantitative estimate of drug-likeness (QED) is 0.621. The fraction of sp³-hybridized carbons (Fsp3) is 0.538. The molecule has 2 heteroatoms. The molecule has 0 amide bonds. The molecule has 0 rings (SSSR count). The van der Waals surface area contributed by atoms with Crippen LogP contribution in [-0.2, 0) is 4.74 Å². The zero-order chi connectivity index (χ0) is 11.7. The van der Waals surface area contributed by atoms with Crippen LogP contribution in [-0.4, -0.2) is 25.3 Å². The van der Waals surface area contributed by atoms with Crippen molar-refractivity contribution < 1.29 is 4.74 Å². The summed E-state index contributed by atoms with van der Waals surface area (Å²) < 4.78 is 5.71. The third-order valence-corrected chi connectivity index (χ3v) is 2.20. The molecule has 1 N–H and O–H groups in total. The molecular weight excluding hydrogens is 186 g/mol. The second-order valence-corrected chi connectivity index (χ2v) is 3.33. The Hall–Kier alpha value is -0.860. The lowest BCUT2D eigenvalue weighted by Gasteiger charge is -2.25. The van der Waals surface area contributed by atoms with Gasteiger partial charge in [-0.05, 0) is 26.0 Å². The van der Waals surface area contributed by atoms with Gasteiger partial charge in [-0.15, -0.1) is 0 Å². The first-order valence-electron chi connectivity index (χ1n) is 5.51. The number of hydrogen-bond donors (Lipinski definition) is 1. The Morgan fingerprint density at radius 2 is 2.07 bits per heavy atom. The molecule has 0 aliphatic heterocycles. The van der Waals surface area contributed by atoms with E-state index in [1.807, 2.05) is 19.1 Å². The van der Waals surface area contributed by atoms with Gasteiger partial charge < -0.3 is 10.1 Å². The van der Waals surface area contributed by atoms with Crippen LogP contribution in [0, 0.1) is 0 Å². The van der Waals surface area contributed by atoms with Crippen molar-refractivity contribution in [2.24, 2.45) is 0 Å². The molecule has 0 heterocycles. The van der Waals surface area contributed by atoms with Crippen LogP contribution in [0.15, 0.2) is 37.0 Å². The van der Waals surface area contributed by atoms with E-state index in [1.54, 1.807) is 6.08 Å². The van der Waals surface area contributed by atoms with Crippen LogP contribution in [0.1, 0.15) is 20.8 Å². The monoisotopic (exact) mass is 209 g/mol.